The van der Waals surface area contributed by atoms with Crippen LogP contribution < -0.4 is 9.62 Å². The van der Waals surface area contributed by atoms with Crippen LogP contribution in [0.25, 0.3) is 0 Å². The summed E-state index contributed by atoms with van der Waals surface area (Å²) in [5.41, 5.74) is 2.86. The van der Waals surface area contributed by atoms with Gasteiger partial charge in [-0.1, -0.05) is 24.6 Å². The number of nitrogens with zero attached hydrogens (tertiary/aromatic N) is 1. The average molecular weight is 256 g/mol. The van der Waals surface area contributed by atoms with Crippen molar-refractivity contribution in [3.05, 3.63) is 29.3 Å². The van der Waals surface area contributed by atoms with Gasteiger partial charge in [0, 0.05) is 13.6 Å². The van der Waals surface area contributed by atoms with Gasteiger partial charge in [0.2, 0.25) is 10.0 Å². The maximum atomic E-state index is 11.5. The number of benzene rings is 1. The molecule has 0 spiro atoms. The van der Waals surface area contributed by atoms with Gasteiger partial charge in [0.25, 0.3) is 0 Å². The quantitative estimate of drug-likeness (QED) is 0.868. The zero-order chi connectivity index (χ0) is 13.1. The van der Waals surface area contributed by atoms with E-state index >= 15 is 0 Å². The highest BCUT2D eigenvalue weighted by Crippen LogP contribution is 2.22. The number of anilines is 1. The lowest BCUT2D eigenvalue weighted by Gasteiger charge is -2.21. The highest BCUT2D eigenvalue weighted by molar-refractivity contribution is 7.92. The molecular formula is C12H20N2O2S. The Bertz CT molecular complexity index is 483. The van der Waals surface area contributed by atoms with Crippen LogP contribution in [0.4, 0.5) is 5.69 Å². The van der Waals surface area contributed by atoms with Gasteiger partial charge in [-0.2, -0.15) is 0 Å². The molecule has 96 valence electrons. The second-order valence-electron chi connectivity index (χ2n) is 4.14. The molecule has 0 radical (unpaired) electrons. The molecule has 0 aromatic heterocycles. The summed E-state index contributed by atoms with van der Waals surface area (Å²) in [5, 5.41) is 3.22. The van der Waals surface area contributed by atoms with Crippen molar-refractivity contribution in [1.29, 1.82) is 0 Å². The minimum Gasteiger partial charge on any atom is -0.313 e. The van der Waals surface area contributed by atoms with Crippen LogP contribution in [0.3, 0.4) is 0 Å². The molecular weight excluding hydrogens is 236 g/mol. The van der Waals surface area contributed by atoms with Gasteiger partial charge >= 0.3 is 0 Å². The van der Waals surface area contributed by atoms with E-state index in [1.54, 1.807) is 7.05 Å². The molecule has 1 rings (SSSR count). The van der Waals surface area contributed by atoms with Crippen LogP contribution in [0.2, 0.25) is 0 Å². The molecule has 0 unspecified atom stereocenters. The molecule has 5 heteroatoms. The van der Waals surface area contributed by atoms with E-state index in [1.165, 1.54) is 10.6 Å². The lowest BCUT2D eigenvalue weighted by atomic mass is 10.1. The number of rotatable bonds is 5. The van der Waals surface area contributed by atoms with Crippen molar-refractivity contribution in [2.45, 2.75) is 20.4 Å². The number of hydrogen-bond acceptors (Lipinski definition) is 3. The maximum absolute atomic E-state index is 11.5. The van der Waals surface area contributed by atoms with Gasteiger partial charge < -0.3 is 5.32 Å². The molecule has 0 aliphatic carbocycles. The zero-order valence-corrected chi connectivity index (χ0v) is 11.6. The van der Waals surface area contributed by atoms with Crippen molar-refractivity contribution in [2.75, 3.05) is 24.2 Å². The molecule has 0 aliphatic heterocycles. The Morgan fingerprint density at radius 3 is 2.53 bits per heavy atom. The maximum Gasteiger partial charge on any atom is 0.232 e. The number of aryl methyl sites for hydroxylation is 1. The number of hydrogen-bond donors (Lipinski definition) is 1. The Hall–Kier alpha value is -1.07. The molecule has 0 saturated heterocycles. The van der Waals surface area contributed by atoms with E-state index in [9.17, 15) is 8.42 Å². The first-order chi connectivity index (χ1) is 7.86. The summed E-state index contributed by atoms with van der Waals surface area (Å²) in [5.74, 6) is 0. The van der Waals surface area contributed by atoms with Crippen molar-refractivity contribution in [3.8, 4) is 0 Å². The van der Waals surface area contributed by atoms with Crippen molar-refractivity contribution < 1.29 is 8.42 Å². The van der Waals surface area contributed by atoms with Gasteiger partial charge in [0.15, 0.2) is 0 Å². The summed E-state index contributed by atoms with van der Waals surface area (Å²) in [4.78, 5) is 0. The Labute approximate surface area is 104 Å². The molecule has 0 fully saturated rings. The van der Waals surface area contributed by atoms with Crippen LogP contribution in [0.15, 0.2) is 18.2 Å². The first-order valence-electron chi connectivity index (χ1n) is 5.60. The van der Waals surface area contributed by atoms with Crippen LogP contribution >= 0.6 is 0 Å². The van der Waals surface area contributed by atoms with Crippen LogP contribution in [0.1, 0.15) is 18.1 Å². The summed E-state index contributed by atoms with van der Waals surface area (Å²) in [7, 11) is -1.63. The van der Waals surface area contributed by atoms with Gasteiger partial charge in [-0.25, -0.2) is 8.42 Å². The van der Waals surface area contributed by atoms with Crippen molar-refractivity contribution in [1.82, 2.24) is 5.32 Å². The fourth-order valence-electron chi connectivity index (χ4n) is 1.60. The number of nitrogens with one attached hydrogen (secondary N) is 1. The standard InChI is InChI=1S/C12H20N2O2S/c1-5-13-9-11-8-10(2)6-7-12(11)14(3)17(4,15)16/h6-8,13H,5,9H2,1-4H3. The van der Waals surface area contributed by atoms with Crippen molar-refractivity contribution >= 4 is 15.7 Å². The fraction of sp³-hybridized carbons (Fsp3) is 0.500. The lowest BCUT2D eigenvalue weighted by molar-refractivity contribution is 0.600. The Kier molecular flexibility index (Phi) is 4.54. The topological polar surface area (TPSA) is 49.4 Å². The van der Waals surface area contributed by atoms with Crippen LogP contribution in [-0.2, 0) is 16.6 Å². The molecule has 1 aromatic carbocycles. The summed E-state index contributed by atoms with van der Waals surface area (Å²) < 4.78 is 24.4. The van der Waals surface area contributed by atoms with Crippen LogP contribution in [0.5, 0.6) is 0 Å². The largest absolute Gasteiger partial charge is 0.313 e. The predicted octanol–water partition coefficient (Wildman–Crippen LogP) is 1.50. The molecule has 0 heterocycles. The summed E-state index contributed by atoms with van der Waals surface area (Å²) in [6.07, 6.45) is 1.21. The van der Waals surface area contributed by atoms with Gasteiger partial charge in [0.1, 0.15) is 0 Å². The first kappa shape index (κ1) is 14.0. The minimum atomic E-state index is -3.21. The molecule has 0 aliphatic rings. The molecule has 0 amide bonds. The predicted molar refractivity (Wildman–Crippen MR) is 71.8 cm³/mol. The summed E-state index contributed by atoms with van der Waals surface area (Å²) in [6.45, 7) is 5.55. The highest BCUT2D eigenvalue weighted by atomic mass is 32.2. The first-order valence-corrected chi connectivity index (χ1v) is 7.45. The van der Waals surface area contributed by atoms with E-state index in [2.05, 4.69) is 5.32 Å². The van der Waals surface area contributed by atoms with E-state index in [-0.39, 0.29) is 0 Å². The number of sulfonamides is 1. The van der Waals surface area contributed by atoms with Gasteiger partial charge in [-0.05, 0) is 25.1 Å². The third kappa shape index (κ3) is 3.71. The van der Waals surface area contributed by atoms with E-state index in [4.69, 9.17) is 0 Å². The van der Waals surface area contributed by atoms with Gasteiger partial charge in [-0.3, -0.25) is 4.31 Å². The van der Waals surface area contributed by atoms with Crippen molar-refractivity contribution in [2.24, 2.45) is 0 Å². The van der Waals surface area contributed by atoms with E-state index in [1.807, 2.05) is 32.0 Å². The molecule has 1 N–H and O–H groups in total. The highest BCUT2D eigenvalue weighted by Gasteiger charge is 2.15. The van der Waals surface area contributed by atoms with E-state index in [0.29, 0.717) is 6.54 Å². The fourth-order valence-corrected chi connectivity index (χ4v) is 2.14. The van der Waals surface area contributed by atoms with Crippen LogP contribution in [-0.4, -0.2) is 28.3 Å². The molecule has 4 nitrogen and oxygen atoms in total. The monoisotopic (exact) mass is 256 g/mol. The van der Waals surface area contributed by atoms with E-state index < -0.39 is 10.0 Å². The summed E-state index contributed by atoms with van der Waals surface area (Å²) >= 11 is 0. The average Bonchev–Trinajstić information content (AvgIpc) is 2.24. The molecule has 0 bridgehead atoms. The molecule has 1 aromatic rings. The molecule has 0 atom stereocenters. The van der Waals surface area contributed by atoms with Gasteiger partial charge in [-0.15, -0.1) is 0 Å². The van der Waals surface area contributed by atoms with Gasteiger partial charge in [0.05, 0.1) is 11.9 Å². The second-order valence-corrected chi connectivity index (χ2v) is 6.16. The Balaban J connectivity index is 3.14. The van der Waals surface area contributed by atoms with Crippen LogP contribution in [0, 0.1) is 6.92 Å². The zero-order valence-electron chi connectivity index (χ0n) is 10.8. The third-order valence-electron chi connectivity index (χ3n) is 2.64. The van der Waals surface area contributed by atoms with Crippen molar-refractivity contribution in [3.63, 3.8) is 0 Å². The molecule has 0 saturated carbocycles. The second kappa shape index (κ2) is 5.51. The normalized spacial score (nSPS) is 11.5. The third-order valence-corrected chi connectivity index (χ3v) is 3.83. The summed E-state index contributed by atoms with van der Waals surface area (Å²) in [6, 6.07) is 5.79. The smallest absolute Gasteiger partial charge is 0.232 e. The SMILES string of the molecule is CCNCc1cc(C)ccc1N(C)S(C)(=O)=O. The lowest BCUT2D eigenvalue weighted by Crippen LogP contribution is -2.27. The Morgan fingerprint density at radius 1 is 1.35 bits per heavy atom. The molecule has 17 heavy (non-hydrogen) atoms. The van der Waals surface area contributed by atoms with E-state index in [0.717, 1.165) is 23.4 Å². The minimum absolute atomic E-state index is 0.674. The Morgan fingerprint density at radius 2 is 2.00 bits per heavy atom.